The summed E-state index contributed by atoms with van der Waals surface area (Å²) in [7, 11) is 0. The zero-order valence-electron chi connectivity index (χ0n) is 13.9. The molecule has 1 aromatic rings. The minimum Gasteiger partial charge on any atom is -0.267 e. The second kappa shape index (κ2) is 5.36. The molecule has 0 aliphatic heterocycles. The first-order chi connectivity index (χ1) is 11.2. The minimum absolute atomic E-state index is 0.0139. The molecule has 0 heterocycles. The van der Waals surface area contributed by atoms with Gasteiger partial charge in [-0.25, -0.2) is 5.43 Å². The maximum absolute atomic E-state index is 13.4. The molecule has 0 spiro atoms. The average Bonchev–Trinajstić information content (AvgIpc) is 2.85. The van der Waals surface area contributed by atoms with Crippen molar-refractivity contribution in [2.45, 2.75) is 40.0 Å². The Morgan fingerprint density at radius 2 is 2.12 bits per heavy atom. The van der Waals surface area contributed by atoms with Gasteiger partial charge in [0, 0.05) is 22.8 Å². The van der Waals surface area contributed by atoms with Crippen LogP contribution in [0, 0.1) is 32.7 Å². The Hall–Kier alpha value is -2.31. The molecular formula is C17H20FN3O3. The summed E-state index contributed by atoms with van der Waals surface area (Å²) in [5.74, 6) is -0.981. The number of benzene rings is 1. The summed E-state index contributed by atoms with van der Waals surface area (Å²) in [6.45, 7) is 6.64. The van der Waals surface area contributed by atoms with Gasteiger partial charge in [0.1, 0.15) is 0 Å². The summed E-state index contributed by atoms with van der Waals surface area (Å²) in [6.07, 6.45) is 3.06. The number of hydrazone groups is 1. The summed E-state index contributed by atoms with van der Waals surface area (Å²) in [4.78, 5) is 22.1. The maximum Gasteiger partial charge on any atom is 0.305 e. The first-order valence-corrected chi connectivity index (χ1v) is 7.98. The van der Waals surface area contributed by atoms with Gasteiger partial charge in [-0.2, -0.15) is 9.49 Å². The number of rotatable bonds is 3. The number of halogens is 1. The SMILES string of the molecule is CC1(C)[C@@H]2CC[C@@]1(C)/C(=N/NC(=O)c1ccc(F)c([N+](=O)[O-])c1)C2. The standard InChI is InChI=1S/C17H20FN3O3/c1-16(2)11-6-7-17(16,3)14(9-11)19-20-15(22)10-4-5-12(18)13(8-10)21(23)24/h4-5,8,11H,6-7,9H2,1-3H3,(H,20,22)/b19-14+/t11-,17+/m1/s1. The predicted molar refractivity (Wildman–Crippen MR) is 87.2 cm³/mol. The van der Waals surface area contributed by atoms with Crippen molar-refractivity contribution in [1.29, 1.82) is 0 Å². The number of nitrogens with zero attached hydrogens (tertiary/aromatic N) is 2. The highest BCUT2D eigenvalue weighted by molar-refractivity contribution is 5.98. The topological polar surface area (TPSA) is 84.6 Å². The highest BCUT2D eigenvalue weighted by atomic mass is 19.1. The molecule has 0 unspecified atom stereocenters. The molecule has 2 fully saturated rings. The van der Waals surface area contributed by atoms with E-state index in [1.807, 2.05) is 0 Å². The normalized spacial score (nSPS) is 29.0. The first kappa shape index (κ1) is 16.5. The number of carbonyl (C=O) groups is 1. The first-order valence-electron chi connectivity index (χ1n) is 7.98. The van der Waals surface area contributed by atoms with Crippen molar-refractivity contribution in [3.05, 3.63) is 39.7 Å². The van der Waals surface area contributed by atoms with Gasteiger partial charge < -0.3 is 0 Å². The molecule has 7 heteroatoms. The number of nitro groups is 1. The summed E-state index contributed by atoms with van der Waals surface area (Å²) < 4.78 is 13.4. The van der Waals surface area contributed by atoms with E-state index in [2.05, 4.69) is 31.3 Å². The lowest BCUT2D eigenvalue weighted by molar-refractivity contribution is -0.387. The Kier molecular flexibility index (Phi) is 3.69. The van der Waals surface area contributed by atoms with Gasteiger partial charge in [0.2, 0.25) is 5.82 Å². The molecule has 0 saturated heterocycles. The van der Waals surface area contributed by atoms with Gasteiger partial charge in [0.05, 0.1) is 4.92 Å². The van der Waals surface area contributed by atoms with Crippen molar-refractivity contribution >= 4 is 17.3 Å². The van der Waals surface area contributed by atoms with E-state index in [-0.39, 0.29) is 16.4 Å². The molecular weight excluding hydrogens is 313 g/mol. The van der Waals surface area contributed by atoms with Crippen molar-refractivity contribution < 1.29 is 14.1 Å². The van der Waals surface area contributed by atoms with E-state index >= 15 is 0 Å². The minimum atomic E-state index is -0.967. The van der Waals surface area contributed by atoms with Gasteiger partial charge in [0.25, 0.3) is 5.91 Å². The fourth-order valence-corrected chi connectivity index (χ4v) is 4.07. The van der Waals surface area contributed by atoms with E-state index in [1.165, 1.54) is 12.5 Å². The zero-order chi connectivity index (χ0) is 17.7. The molecule has 0 aromatic heterocycles. The lowest BCUT2D eigenvalue weighted by Gasteiger charge is -2.34. The van der Waals surface area contributed by atoms with Gasteiger partial charge in [-0.1, -0.05) is 20.8 Å². The second-order valence-electron chi connectivity index (χ2n) is 7.42. The smallest absolute Gasteiger partial charge is 0.267 e. The summed E-state index contributed by atoms with van der Waals surface area (Å²) in [6, 6.07) is 3.06. The summed E-state index contributed by atoms with van der Waals surface area (Å²) in [5.41, 5.74) is 2.84. The average molecular weight is 333 g/mol. The Bertz CT molecular complexity index is 759. The van der Waals surface area contributed by atoms with E-state index in [0.717, 1.165) is 30.7 Å². The lowest BCUT2D eigenvalue weighted by Crippen LogP contribution is -2.34. The fourth-order valence-electron chi connectivity index (χ4n) is 4.07. The Morgan fingerprint density at radius 1 is 1.42 bits per heavy atom. The van der Waals surface area contributed by atoms with Gasteiger partial charge in [0.15, 0.2) is 0 Å². The molecule has 1 N–H and O–H groups in total. The maximum atomic E-state index is 13.4. The van der Waals surface area contributed by atoms with Crippen LogP contribution in [0.3, 0.4) is 0 Å². The number of nitrogens with one attached hydrogen (secondary N) is 1. The lowest BCUT2D eigenvalue weighted by atomic mass is 9.70. The van der Waals surface area contributed by atoms with E-state index < -0.39 is 22.3 Å². The second-order valence-corrected chi connectivity index (χ2v) is 7.42. The zero-order valence-corrected chi connectivity index (χ0v) is 13.9. The van der Waals surface area contributed by atoms with Crippen molar-refractivity contribution in [2.75, 3.05) is 0 Å². The number of hydrogen-bond donors (Lipinski definition) is 1. The number of fused-ring (bicyclic) bond motifs is 2. The van der Waals surface area contributed by atoms with Crippen LogP contribution in [0.5, 0.6) is 0 Å². The van der Waals surface area contributed by atoms with Crippen LogP contribution in [0.1, 0.15) is 50.4 Å². The third kappa shape index (κ3) is 2.30. The molecule has 2 saturated carbocycles. The quantitative estimate of drug-likeness (QED) is 0.676. The number of hydrogen-bond acceptors (Lipinski definition) is 4. The molecule has 3 rings (SSSR count). The van der Waals surface area contributed by atoms with Crippen LogP contribution in [0.2, 0.25) is 0 Å². The largest absolute Gasteiger partial charge is 0.305 e. The highest BCUT2D eigenvalue weighted by Gasteiger charge is 2.60. The Balaban J connectivity index is 1.80. The van der Waals surface area contributed by atoms with Gasteiger partial charge in [-0.05, 0) is 42.7 Å². The summed E-state index contributed by atoms with van der Waals surface area (Å²) >= 11 is 0. The molecule has 6 nitrogen and oxygen atoms in total. The molecule has 0 radical (unpaired) electrons. The Labute approximate surface area is 139 Å². The fraction of sp³-hybridized carbons (Fsp3) is 0.529. The number of amides is 1. The third-order valence-electron chi connectivity index (χ3n) is 6.21. The van der Waals surface area contributed by atoms with Crippen LogP contribution in [-0.4, -0.2) is 16.5 Å². The van der Waals surface area contributed by atoms with E-state index in [0.29, 0.717) is 5.92 Å². The van der Waals surface area contributed by atoms with Gasteiger partial charge in [-0.3, -0.25) is 14.9 Å². The van der Waals surface area contributed by atoms with E-state index in [9.17, 15) is 19.3 Å². The third-order valence-corrected chi connectivity index (χ3v) is 6.21. The van der Waals surface area contributed by atoms with Crippen LogP contribution in [-0.2, 0) is 0 Å². The Morgan fingerprint density at radius 3 is 2.67 bits per heavy atom. The number of carbonyl (C=O) groups excluding carboxylic acids is 1. The van der Waals surface area contributed by atoms with Gasteiger partial charge in [-0.15, -0.1) is 0 Å². The molecule has 2 atom stereocenters. The van der Waals surface area contributed by atoms with Crippen molar-refractivity contribution in [2.24, 2.45) is 21.8 Å². The highest BCUT2D eigenvalue weighted by Crippen LogP contribution is 2.63. The van der Waals surface area contributed by atoms with Crippen LogP contribution in [0.25, 0.3) is 0 Å². The monoisotopic (exact) mass is 333 g/mol. The van der Waals surface area contributed by atoms with Crippen LogP contribution in [0.4, 0.5) is 10.1 Å². The van der Waals surface area contributed by atoms with Crippen LogP contribution in [0.15, 0.2) is 23.3 Å². The number of nitro benzene ring substituents is 1. The van der Waals surface area contributed by atoms with Gasteiger partial charge >= 0.3 is 5.69 Å². The van der Waals surface area contributed by atoms with E-state index in [1.54, 1.807) is 0 Å². The molecule has 2 aliphatic carbocycles. The predicted octanol–water partition coefficient (Wildman–Crippen LogP) is 3.67. The summed E-state index contributed by atoms with van der Waals surface area (Å²) in [5, 5.41) is 15.1. The molecule has 2 aliphatic rings. The van der Waals surface area contributed by atoms with E-state index in [4.69, 9.17) is 0 Å². The van der Waals surface area contributed by atoms with Crippen LogP contribution < -0.4 is 5.43 Å². The molecule has 128 valence electrons. The molecule has 2 bridgehead atoms. The van der Waals surface area contributed by atoms with Crippen molar-refractivity contribution in [1.82, 2.24) is 5.43 Å². The van der Waals surface area contributed by atoms with Crippen molar-refractivity contribution in [3.8, 4) is 0 Å². The van der Waals surface area contributed by atoms with Crippen LogP contribution >= 0.6 is 0 Å². The van der Waals surface area contributed by atoms with Crippen molar-refractivity contribution in [3.63, 3.8) is 0 Å². The molecule has 1 aromatic carbocycles. The molecule has 1 amide bonds. The molecule has 24 heavy (non-hydrogen) atoms.